The zero-order chi connectivity index (χ0) is 20.3. The van der Waals surface area contributed by atoms with Crippen molar-refractivity contribution in [3.05, 3.63) is 35.9 Å². The molecule has 152 valence electrons. The monoisotopic (exact) mass is 380 g/mol. The summed E-state index contributed by atoms with van der Waals surface area (Å²) in [6, 6.07) is 9.14. The summed E-state index contributed by atoms with van der Waals surface area (Å²) in [6.45, 7) is 8.10. The molecule has 1 rings (SSSR count). The van der Waals surface area contributed by atoms with Crippen LogP contribution in [0.4, 0.5) is 9.59 Å². The van der Waals surface area contributed by atoms with Gasteiger partial charge in [0.15, 0.2) is 0 Å². The summed E-state index contributed by atoms with van der Waals surface area (Å²) >= 11 is 0. The predicted molar refractivity (Wildman–Crippen MR) is 103 cm³/mol. The summed E-state index contributed by atoms with van der Waals surface area (Å²) in [4.78, 5) is 26.0. The van der Waals surface area contributed by atoms with E-state index < -0.39 is 17.8 Å². The van der Waals surface area contributed by atoms with Crippen molar-refractivity contribution in [2.45, 2.75) is 58.8 Å². The van der Waals surface area contributed by atoms with Crippen LogP contribution in [0.25, 0.3) is 0 Å². The van der Waals surface area contributed by atoms with Gasteiger partial charge in [0.05, 0.1) is 0 Å². The number of nitrogens with zero attached hydrogens (tertiary/aromatic N) is 1. The molecule has 2 amide bonds. The van der Waals surface area contributed by atoms with E-state index in [0.29, 0.717) is 19.4 Å². The van der Waals surface area contributed by atoms with Gasteiger partial charge in [0.2, 0.25) is 0 Å². The van der Waals surface area contributed by atoms with Gasteiger partial charge in [-0.2, -0.15) is 0 Å². The van der Waals surface area contributed by atoms with E-state index in [1.807, 2.05) is 37.3 Å². The molecule has 2 N–H and O–H groups in total. The molecule has 0 saturated heterocycles. The fourth-order valence-corrected chi connectivity index (χ4v) is 2.32. The molecule has 1 aromatic rings. The van der Waals surface area contributed by atoms with Crippen LogP contribution in [0.2, 0.25) is 0 Å². The highest BCUT2D eigenvalue weighted by atomic mass is 16.6. The van der Waals surface area contributed by atoms with Crippen molar-refractivity contribution in [1.29, 1.82) is 0 Å². The number of aliphatic hydroxyl groups is 1. The Balaban J connectivity index is 2.59. The Morgan fingerprint density at radius 3 is 2.44 bits per heavy atom. The highest BCUT2D eigenvalue weighted by Crippen LogP contribution is 2.11. The molecule has 7 nitrogen and oxygen atoms in total. The van der Waals surface area contributed by atoms with Gasteiger partial charge in [-0.1, -0.05) is 37.3 Å². The Hall–Kier alpha value is -2.28. The lowest BCUT2D eigenvalue weighted by molar-refractivity contribution is 0.0218. The molecule has 0 fully saturated rings. The van der Waals surface area contributed by atoms with Crippen molar-refractivity contribution < 1.29 is 24.2 Å². The molecule has 0 aliphatic heterocycles. The highest BCUT2D eigenvalue weighted by molar-refractivity contribution is 5.69. The van der Waals surface area contributed by atoms with Crippen LogP contribution in [0.3, 0.4) is 0 Å². The number of amides is 2. The smallest absolute Gasteiger partial charge is 0.410 e. The maximum atomic E-state index is 12.4. The number of hydrogen-bond donors (Lipinski definition) is 2. The molecule has 1 aromatic carbocycles. The molecule has 0 heterocycles. The number of alkyl carbamates (subject to hydrolysis) is 1. The van der Waals surface area contributed by atoms with Crippen molar-refractivity contribution in [3.8, 4) is 0 Å². The number of aliphatic hydroxyl groups excluding tert-OH is 1. The number of hydrogen-bond acceptors (Lipinski definition) is 5. The molecule has 0 aromatic heterocycles. The maximum Gasteiger partial charge on any atom is 0.410 e. The van der Waals surface area contributed by atoms with E-state index in [0.717, 1.165) is 5.56 Å². The summed E-state index contributed by atoms with van der Waals surface area (Å²) in [7, 11) is 0. The molecule has 0 aliphatic carbocycles. The highest BCUT2D eigenvalue weighted by Gasteiger charge is 2.24. The van der Waals surface area contributed by atoms with Gasteiger partial charge in [-0.05, 0) is 39.2 Å². The molecule has 1 atom stereocenters. The standard InChI is InChI=1S/C20H32N2O5/c1-5-17(21-18(24)26-15-16-10-7-6-8-11-16)14-22(12-9-13-23)19(25)27-20(2,3)4/h6-8,10-11,17,23H,5,9,12-15H2,1-4H3,(H,21,24)/t17-/m1/s1. The number of carbonyl (C=O) groups excluding carboxylic acids is 2. The second-order valence-electron chi connectivity index (χ2n) is 7.31. The molecule has 7 heteroatoms. The molecular weight excluding hydrogens is 348 g/mol. The average molecular weight is 380 g/mol. The van der Waals surface area contributed by atoms with Crippen molar-refractivity contribution >= 4 is 12.2 Å². The average Bonchev–Trinajstić information content (AvgIpc) is 2.61. The Morgan fingerprint density at radius 1 is 1.22 bits per heavy atom. The van der Waals surface area contributed by atoms with Gasteiger partial charge in [-0.25, -0.2) is 9.59 Å². The topological polar surface area (TPSA) is 88.1 Å². The van der Waals surface area contributed by atoms with Gasteiger partial charge in [-0.15, -0.1) is 0 Å². The van der Waals surface area contributed by atoms with Crippen LogP contribution in [-0.2, 0) is 16.1 Å². The fourth-order valence-electron chi connectivity index (χ4n) is 2.32. The second-order valence-corrected chi connectivity index (χ2v) is 7.31. The summed E-state index contributed by atoms with van der Waals surface area (Å²) < 4.78 is 10.7. The molecule has 0 spiro atoms. The van der Waals surface area contributed by atoms with Gasteiger partial charge >= 0.3 is 12.2 Å². The van der Waals surface area contributed by atoms with E-state index in [4.69, 9.17) is 14.6 Å². The van der Waals surface area contributed by atoms with E-state index in [1.54, 1.807) is 20.8 Å². The minimum Gasteiger partial charge on any atom is -0.445 e. The first kappa shape index (κ1) is 22.8. The zero-order valence-electron chi connectivity index (χ0n) is 16.7. The van der Waals surface area contributed by atoms with Crippen LogP contribution in [0.1, 0.15) is 46.1 Å². The molecule has 0 unspecified atom stereocenters. The van der Waals surface area contributed by atoms with Crippen LogP contribution in [0.15, 0.2) is 30.3 Å². The lowest BCUT2D eigenvalue weighted by Crippen LogP contribution is -2.47. The van der Waals surface area contributed by atoms with Crippen molar-refractivity contribution in [2.75, 3.05) is 19.7 Å². The van der Waals surface area contributed by atoms with Crippen molar-refractivity contribution in [3.63, 3.8) is 0 Å². The molecule has 0 radical (unpaired) electrons. The van der Waals surface area contributed by atoms with Gasteiger partial charge in [0, 0.05) is 25.7 Å². The van der Waals surface area contributed by atoms with Crippen LogP contribution in [0.5, 0.6) is 0 Å². The third-order valence-corrected chi connectivity index (χ3v) is 3.71. The first-order valence-electron chi connectivity index (χ1n) is 9.31. The first-order chi connectivity index (χ1) is 12.7. The largest absolute Gasteiger partial charge is 0.445 e. The SMILES string of the molecule is CC[C@H](CN(CCCO)C(=O)OC(C)(C)C)NC(=O)OCc1ccccc1. The Kier molecular flexibility index (Phi) is 9.64. The van der Waals surface area contributed by atoms with E-state index in [1.165, 1.54) is 4.90 Å². The number of nitrogens with one attached hydrogen (secondary N) is 1. The third kappa shape index (κ3) is 9.84. The minimum absolute atomic E-state index is 0.0252. The Labute approximate surface area is 161 Å². The minimum atomic E-state index is -0.613. The molecule has 0 bridgehead atoms. The van der Waals surface area contributed by atoms with Crippen LogP contribution in [-0.4, -0.2) is 53.5 Å². The Morgan fingerprint density at radius 2 is 1.89 bits per heavy atom. The molecule has 27 heavy (non-hydrogen) atoms. The quantitative estimate of drug-likeness (QED) is 0.686. The number of benzene rings is 1. The lowest BCUT2D eigenvalue weighted by atomic mass is 10.2. The van der Waals surface area contributed by atoms with Crippen LogP contribution >= 0.6 is 0 Å². The third-order valence-electron chi connectivity index (χ3n) is 3.71. The normalized spacial score (nSPS) is 12.2. The van der Waals surface area contributed by atoms with Crippen molar-refractivity contribution in [2.24, 2.45) is 0 Å². The first-order valence-corrected chi connectivity index (χ1v) is 9.31. The molecule has 0 saturated carbocycles. The van der Waals surface area contributed by atoms with Crippen LogP contribution < -0.4 is 5.32 Å². The predicted octanol–water partition coefficient (Wildman–Crippen LogP) is 3.31. The number of carbonyl (C=O) groups is 2. The summed E-state index contributed by atoms with van der Waals surface area (Å²) in [5.74, 6) is 0. The van der Waals surface area contributed by atoms with Gasteiger partial charge in [-0.3, -0.25) is 0 Å². The van der Waals surface area contributed by atoms with E-state index in [2.05, 4.69) is 5.32 Å². The number of rotatable bonds is 9. The summed E-state index contributed by atoms with van der Waals surface area (Å²) in [5, 5.41) is 11.9. The Bertz CT molecular complexity index is 571. The van der Waals surface area contributed by atoms with Gasteiger partial charge in [0.1, 0.15) is 12.2 Å². The van der Waals surface area contributed by atoms with Crippen LogP contribution in [0, 0.1) is 0 Å². The van der Waals surface area contributed by atoms with E-state index >= 15 is 0 Å². The zero-order valence-corrected chi connectivity index (χ0v) is 16.7. The lowest BCUT2D eigenvalue weighted by Gasteiger charge is -2.30. The summed E-state index contributed by atoms with van der Waals surface area (Å²) in [5.41, 5.74) is 0.289. The van der Waals surface area contributed by atoms with Gasteiger partial charge in [0.25, 0.3) is 0 Å². The molecular formula is C20H32N2O5. The molecule has 0 aliphatic rings. The fraction of sp³-hybridized carbons (Fsp3) is 0.600. The maximum absolute atomic E-state index is 12.4. The number of ether oxygens (including phenoxy) is 2. The summed E-state index contributed by atoms with van der Waals surface area (Å²) in [6.07, 6.45) is 0.0679. The second kappa shape index (κ2) is 11.4. The van der Waals surface area contributed by atoms with Crippen molar-refractivity contribution in [1.82, 2.24) is 10.2 Å². The van der Waals surface area contributed by atoms with Gasteiger partial charge < -0.3 is 24.8 Å². The van der Waals surface area contributed by atoms with E-state index in [9.17, 15) is 9.59 Å². The van der Waals surface area contributed by atoms with E-state index in [-0.39, 0.29) is 25.8 Å².